The molecule has 2 atom stereocenters. The maximum atomic E-state index is 14.1. The average molecular weight is 331 g/mol. The Balaban J connectivity index is 2.44. The Hall–Kier alpha value is -1.20. The summed E-state index contributed by atoms with van der Waals surface area (Å²) < 4.78 is 27.6. The highest BCUT2D eigenvalue weighted by Crippen LogP contribution is 2.34. The molecule has 2 aromatic rings. The van der Waals surface area contributed by atoms with E-state index in [-0.39, 0.29) is 15.6 Å². The molecule has 0 aliphatic rings. The second-order valence-corrected chi connectivity index (χ2v) is 5.90. The summed E-state index contributed by atoms with van der Waals surface area (Å²) in [5.74, 6) is -1.16. The summed E-state index contributed by atoms with van der Waals surface area (Å²) in [6, 6.07) is 7.50. The fourth-order valence-corrected chi connectivity index (χ4v) is 2.42. The molecule has 0 saturated carbocycles. The number of nitrogens with two attached hydrogens (primary N) is 2. The summed E-state index contributed by atoms with van der Waals surface area (Å²) in [7, 11) is 0. The highest BCUT2D eigenvalue weighted by molar-refractivity contribution is 6.30. The first-order chi connectivity index (χ1) is 9.73. The standard InChI is InChI=1S/C15H14Cl2F2N2/c1-15(21,10-4-3-9(16)7-12(10)18)14(20)8-2-5-11(17)13(19)6-8/h2-7,14H,20-21H2,1H3/t14?,15-/m0/s1. The van der Waals surface area contributed by atoms with Crippen LogP contribution in [-0.2, 0) is 5.54 Å². The van der Waals surface area contributed by atoms with Crippen molar-refractivity contribution in [1.29, 1.82) is 0 Å². The molecular formula is C15H14Cl2F2N2. The molecule has 0 amide bonds. The third-order valence-electron chi connectivity index (χ3n) is 3.46. The first-order valence-electron chi connectivity index (χ1n) is 6.18. The Morgan fingerprint density at radius 3 is 2.29 bits per heavy atom. The van der Waals surface area contributed by atoms with Gasteiger partial charge in [0, 0.05) is 10.6 Å². The largest absolute Gasteiger partial charge is 0.322 e. The van der Waals surface area contributed by atoms with E-state index in [0.29, 0.717) is 5.56 Å². The zero-order valence-corrected chi connectivity index (χ0v) is 12.7. The molecule has 0 spiro atoms. The summed E-state index contributed by atoms with van der Waals surface area (Å²) in [5, 5.41) is 0.250. The Morgan fingerprint density at radius 2 is 1.71 bits per heavy atom. The molecule has 0 fully saturated rings. The molecule has 0 aromatic heterocycles. The lowest BCUT2D eigenvalue weighted by Gasteiger charge is -2.32. The Kier molecular flexibility index (Phi) is 4.54. The van der Waals surface area contributed by atoms with Crippen molar-refractivity contribution < 1.29 is 8.78 Å². The predicted octanol–water partition coefficient (Wildman–Crippen LogP) is 4.15. The molecular weight excluding hydrogens is 317 g/mol. The monoisotopic (exact) mass is 330 g/mol. The van der Waals surface area contributed by atoms with Crippen molar-refractivity contribution in [2.24, 2.45) is 11.5 Å². The van der Waals surface area contributed by atoms with Gasteiger partial charge in [0.2, 0.25) is 0 Å². The van der Waals surface area contributed by atoms with Crippen molar-refractivity contribution in [3.8, 4) is 0 Å². The smallest absolute Gasteiger partial charge is 0.142 e. The molecule has 0 radical (unpaired) electrons. The second-order valence-electron chi connectivity index (χ2n) is 5.06. The Labute approximate surface area is 131 Å². The third kappa shape index (κ3) is 3.19. The molecule has 21 heavy (non-hydrogen) atoms. The van der Waals surface area contributed by atoms with Crippen molar-refractivity contribution in [3.05, 3.63) is 69.2 Å². The number of hydrogen-bond donors (Lipinski definition) is 2. The fraction of sp³-hybridized carbons (Fsp3) is 0.200. The van der Waals surface area contributed by atoms with Crippen LogP contribution >= 0.6 is 23.2 Å². The third-order valence-corrected chi connectivity index (χ3v) is 4.00. The van der Waals surface area contributed by atoms with Gasteiger partial charge in [-0.2, -0.15) is 0 Å². The van der Waals surface area contributed by atoms with Gasteiger partial charge in [0.25, 0.3) is 0 Å². The van der Waals surface area contributed by atoms with Crippen LogP contribution in [0, 0.1) is 11.6 Å². The molecule has 0 bridgehead atoms. The normalized spacial score (nSPS) is 15.6. The van der Waals surface area contributed by atoms with Crippen LogP contribution in [0.2, 0.25) is 10.0 Å². The van der Waals surface area contributed by atoms with Gasteiger partial charge in [0.05, 0.1) is 16.6 Å². The fourth-order valence-electron chi connectivity index (χ4n) is 2.15. The number of halogens is 4. The van der Waals surface area contributed by atoms with Gasteiger partial charge in [0.1, 0.15) is 11.6 Å². The molecule has 2 aromatic carbocycles. The van der Waals surface area contributed by atoms with Crippen LogP contribution < -0.4 is 11.5 Å². The van der Waals surface area contributed by atoms with E-state index < -0.39 is 23.2 Å². The average Bonchev–Trinajstić information content (AvgIpc) is 2.40. The maximum Gasteiger partial charge on any atom is 0.142 e. The molecule has 4 N–H and O–H groups in total. The summed E-state index contributed by atoms with van der Waals surface area (Å²) in [6.07, 6.45) is 0. The van der Waals surface area contributed by atoms with Crippen LogP contribution in [0.5, 0.6) is 0 Å². The molecule has 0 aliphatic carbocycles. The maximum absolute atomic E-state index is 14.1. The SMILES string of the molecule is C[C@](N)(c1ccc(Cl)cc1F)C(N)c1ccc(Cl)c(F)c1. The van der Waals surface area contributed by atoms with Crippen LogP contribution in [0.3, 0.4) is 0 Å². The van der Waals surface area contributed by atoms with Crippen molar-refractivity contribution >= 4 is 23.2 Å². The van der Waals surface area contributed by atoms with Gasteiger partial charge >= 0.3 is 0 Å². The lowest BCUT2D eigenvalue weighted by molar-refractivity contribution is 0.378. The van der Waals surface area contributed by atoms with E-state index in [1.54, 1.807) is 13.0 Å². The van der Waals surface area contributed by atoms with E-state index in [2.05, 4.69) is 0 Å². The molecule has 112 valence electrons. The first kappa shape index (κ1) is 16.2. The van der Waals surface area contributed by atoms with Crippen molar-refractivity contribution in [3.63, 3.8) is 0 Å². The van der Waals surface area contributed by atoms with Gasteiger partial charge in [-0.15, -0.1) is 0 Å². The van der Waals surface area contributed by atoms with Crippen molar-refractivity contribution in [1.82, 2.24) is 0 Å². The second kappa shape index (κ2) is 5.89. The van der Waals surface area contributed by atoms with Crippen LogP contribution in [0.1, 0.15) is 24.1 Å². The zero-order valence-electron chi connectivity index (χ0n) is 11.2. The van der Waals surface area contributed by atoms with Gasteiger partial charge in [-0.3, -0.25) is 0 Å². The van der Waals surface area contributed by atoms with E-state index in [1.807, 2.05) is 0 Å². The minimum absolute atomic E-state index is 0.0117. The quantitative estimate of drug-likeness (QED) is 0.888. The number of hydrogen-bond acceptors (Lipinski definition) is 2. The molecule has 2 rings (SSSR count). The first-order valence-corrected chi connectivity index (χ1v) is 6.94. The highest BCUT2D eigenvalue weighted by Gasteiger charge is 2.33. The van der Waals surface area contributed by atoms with Crippen molar-refractivity contribution in [2.45, 2.75) is 18.5 Å². The lowest BCUT2D eigenvalue weighted by Crippen LogP contribution is -2.44. The van der Waals surface area contributed by atoms with E-state index in [9.17, 15) is 8.78 Å². The van der Waals surface area contributed by atoms with E-state index in [1.165, 1.54) is 24.3 Å². The Morgan fingerprint density at radius 1 is 1.05 bits per heavy atom. The minimum atomic E-state index is -1.24. The molecule has 6 heteroatoms. The van der Waals surface area contributed by atoms with Crippen LogP contribution in [0.25, 0.3) is 0 Å². The van der Waals surface area contributed by atoms with E-state index >= 15 is 0 Å². The van der Waals surface area contributed by atoms with Crippen LogP contribution in [0.4, 0.5) is 8.78 Å². The van der Waals surface area contributed by atoms with Crippen LogP contribution in [0.15, 0.2) is 36.4 Å². The Bertz CT molecular complexity index is 675. The van der Waals surface area contributed by atoms with Gasteiger partial charge < -0.3 is 11.5 Å². The molecule has 0 heterocycles. The van der Waals surface area contributed by atoms with Gasteiger partial charge in [-0.05, 0) is 36.8 Å². The van der Waals surface area contributed by atoms with E-state index in [4.69, 9.17) is 34.7 Å². The van der Waals surface area contributed by atoms with E-state index in [0.717, 1.165) is 6.07 Å². The topological polar surface area (TPSA) is 52.0 Å². The van der Waals surface area contributed by atoms with Crippen molar-refractivity contribution in [2.75, 3.05) is 0 Å². The lowest BCUT2D eigenvalue weighted by atomic mass is 9.82. The van der Waals surface area contributed by atoms with Gasteiger partial charge in [0.15, 0.2) is 0 Å². The summed E-state index contributed by atoms with van der Waals surface area (Å²) >= 11 is 11.4. The number of rotatable bonds is 3. The minimum Gasteiger partial charge on any atom is -0.322 e. The molecule has 1 unspecified atom stereocenters. The molecule has 0 aliphatic heterocycles. The molecule has 2 nitrogen and oxygen atoms in total. The van der Waals surface area contributed by atoms with Gasteiger partial charge in [-0.25, -0.2) is 8.78 Å². The van der Waals surface area contributed by atoms with Gasteiger partial charge in [-0.1, -0.05) is 35.3 Å². The molecule has 0 saturated heterocycles. The summed E-state index contributed by atoms with van der Waals surface area (Å²) in [5.41, 5.74) is 11.7. The predicted molar refractivity (Wildman–Crippen MR) is 81.3 cm³/mol. The highest BCUT2D eigenvalue weighted by atomic mass is 35.5. The summed E-state index contributed by atoms with van der Waals surface area (Å²) in [4.78, 5) is 0. The zero-order chi connectivity index (χ0) is 15.8. The van der Waals surface area contributed by atoms with Crippen LogP contribution in [-0.4, -0.2) is 0 Å². The number of benzene rings is 2. The summed E-state index contributed by atoms with van der Waals surface area (Å²) in [6.45, 7) is 1.58.